The minimum Gasteiger partial charge on any atom is -0.360 e. The van der Waals surface area contributed by atoms with Gasteiger partial charge in [0.15, 0.2) is 0 Å². The third kappa shape index (κ3) is 4.74. The Bertz CT molecular complexity index is 956. The molecule has 2 rings (SSSR count). The highest BCUT2D eigenvalue weighted by Crippen LogP contribution is 2.30. The molecule has 0 aliphatic carbocycles. The van der Waals surface area contributed by atoms with Gasteiger partial charge in [-0.15, -0.1) is 0 Å². The average molecular weight is 378 g/mol. The summed E-state index contributed by atoms with van der Waals surface area (Å²) in [5.41, 5.74) is -0.544. The van der Waals surface area contributed by atoms with Gasteiger partial charge in [-0.25, -0.2) is 8.42 Å². The number of alkyl halides is 3. The number of rotatable bonds is 5. The van der Waals surface area contributed by atoms with E-state index in [1.807, 2.05) is 0 Å². The van der Waals surface area contributed by atoms with Gasteiger partial charge in [0.05, 0.1) is 21.4 Å². The fourth-order valence-corrected chi connectivity index (χ4v) is 3.23. The van der Waals surface area contributed by atoms with Crippen molar-refractivity contribution in [1.29, 1.82) is 5.26 Å². The second kappa shape index (κ2) is 7.89. The number of allylic oxidation sites excluding steroid dienone is 2. The molecule has 0 amide bonds. The number of sulfone groups is 1. The number of anilines is 1. The highest BCUT2D eigenvalue weighted by molar-refractivity contribution is 7.95. The summed E-state index contributed by atoms with van der Waals surface area (Å²) < 4.78 is 63.0. The summed E-state index contributed by atoms with van der Waals surface area (Å²) in [5, 5.41) is 11.3. The minimum absolute atomic E-state index is 0.0306. The van der Waals surface area contributed by atoms with E-state index in [0.29, 0.717) is 0 Å². The van der Waals surface area contributed by atoms with Crippen molar-refractivity contribution >= 4 is 15.5 Å². The van der Waals surface area contributed by atoms with E-state index in [1.165, 1.54) is 24.3 Å². The van der Waals surface area contributed by atoms with E-state index in [9.17, 15) is 21.6 Å². The molecule has 2 aromatic rings. The van der Waals surface area contributed by atoms with Crippen molar-refractivity contribution in [2.45, 2.75) is 11.1 Å². The largest absolute Gasteiger partial charge is 0.416 e. The first-order valence-electron chi connectivity index (χ1n) is 7.25. The van der Waals surface area contributed by atoms with Crippen LogP contribution >= 0.6 is 0 Å². The van der Waals surface area contributed by atoms with Gasteiger partial charge in [-0.05, 0) is 42.5 Å². The molecule has 4 nitrogen and oxygen atoms in total. The van der Waals surface area contributed by atoms with Gasteiger partial charge >= 0.3 is 6.18 Å². The van der Waals surface area contributed by atoms with Crippen molar-refractivity contribution < 1.29 is 21.6 Å². The molecule has 0 aliphatic rings. The van der Waals surface area contributed by atoms with Gasteiger partial charge in [-0.1, -0.05) is 18.2 Å². The Morgan fingerprint density at radius 1 is 1.04 bits per heavy atom. The van der Waals surface area contributed by atoms with Crippen molar-refractivity contribution in [2.75, 3.05) is 5.32 Å². The molecule has 0 heterocycles. The lowest BCUT2D eigenvalue weighted by molar-refractivity contribution is -0.137. The van der Waals surface area contributed by atoms with E-state index in [0.717, 1.165) is 30.5 Å². The lowest BCUT2D eigenvalue weighted by Gasteiger charge is -2.09. The van der Waals surface area contributed by atoms with Crippen LogP contribution in [0.15, 0.2) is 82.7 Å². The zero-order valence-corrected chi connectivity index (χ0v) is 14.1. The normalized spacial score (nSPS) is 12.8. The topological polar surface area (TPSA) is 70.0 Å². The molecule has 0 spiro atoms. The molecule has 0 saturated carbocycles. The molecule has 0 atom stereocenters. The van der Waals surface area contributed by atoms with Gasteiger partial charge in [0, 0.05) is 18.0 Å². The van der Waals surface area contributed by atoms with E-state index in [2.05, 4.69) is 5.32 Å². The number of nitrogens with one attached hydrogen (secondary N) is 1. The van der Waals surface area contributed by atoms with Crippen molar-refractivity contribution in [3.63, 3.8) is 0 Å². The fraction of sp³-hybridized carbons (Fsp3) is 0.0556. The van der Waals surface area contributed by atoms with Gasteiger partial charge in [0.2, 0.25) is 9.84 Å². The molecule has 0 unspecified atom stereocenters. The maximum absolute atomic E-state index is 12.6. The van der Waals surface area contributed by atoms with Crippen molar-refractivity contribution in [2.24, 2.45) is 0 Å². The molecule has 26 heavy (non-hydrogen) atoms. The van der Waals surface area contributed by atoms with Crippen LogP contribution in [-0.4, -0.2) is 8.42 Å². The van der Waals surface area contributed by atoms with Crippen molar-refractivity contribution in [3.8, 4) is 6.07 Å². The van der Waals surface area contributed by atoms with Gasteiger partial charge in [-0.2, -0.15) is 18.4 Å². The quantitative estimate of drug-likeness (QED) is 0.614. The zero-order chi connectivity index (χ0) is 19.2. The van der Waals surface area contributed by atoms with Crippen molar-refractivity contribution in [1.82, 2.24) is 0 Å². The maximum Gasteiger partial charge on any atom is 0.416 e. The summed E-state index contributed by atoms with van der Waals surface area (Å²) in [5.74, 6) is 0. The number of hydrogen-bond donors (Lipinski definition) is 1. The first-order chi connectivity index (χ1) is 12.2. The Morgan fingerprint density at radius 3 is 2.19 bits per heavy atom. The molecule has 134 valence electrons. The highest BCUT2D eigenvalue weighted by atomic mass is 32.2. The fourth-order valence-electron chi connectivity index (χ4n) is 1.98. The number of benzene rings is 2. The predicted octanol–water partition coefficient (Wildman–Crippen LogP) is 4.51. The zero-order valence-electron chi connectivity index (χ0n) is 13.2. The smallest absolute Gasteiger partial charge is 0.360 e. The molecule has 0 bridgehead atoms. The first kappa shape index (κ1) is 19.3. The second-order valence-electron chi connectivity index (χ2n) is 5.05. The van der Waals surface area contributed by atoms with Gasteiger partial charge in [0.25, 0.3) is 0 Å². The summed E-state index contributed by atoms with van der Waals surface area (Å²) in [6.07, 6.45) is -1.22. The lowest BCUT2D eigenvalue weighted by atomic mass is 10.2. The van der Waals surface area contributed by atoms with Crippen LogP contribution in [0, 0.1) is 11.3 Å². The molecule has 0 saturated heterocycles. The van der Waals surface area contributed by atoms with E-state index in [1.54, 1.807) is 24.3 Å². The SMILES string of the molecule is N#CC=CC(=CNc1ccc(C(F)(F)F)cc1)S(=O)(=O)c1ccccc1. The third-order valence-corrected chi connectivity index (χ3v) is 5.05. The van der Waals surface area contributed by atoms with E-state index < -0.39 is 21.6 Å². The summed E-state index contributed by atoms with van der Waals surface area (Å²) in [6, 6.07) is 13.4. The molecule has 2 aromatic carbocycles. The Labute approximate surface area is 148 Å². The number of nitriles is 1. The summed E-state index contributed by atoms with van der Waals surface area (Å²) >= 11 is 0. The van der Waals surface area contributed by atoms with Crippen LogP contribution in [-0.2, 0) is 16.0 Å². The first-order valence-corrected chi connectivity index (χ1v) is 8.74. The molecule has 0 aliphatic heterocycles. The molecular formula is C18H13F3N2O2S. The molecule has 0 aromatic heterocycles. The second-order valence-corrected chi connectivity index (χ2v) is 6.99. The van der Waals surface area contributed by atoms with E-state index in [4.69, 9.17) is 5.26 Å². The Kier molecular flexibility index (Phi) is 5.85. The van der Waals surface area contributed by atoms with Crippen LogP contribution in [0.4, 0.5) is 18.9 Å². The van der Waals surface area contributed by atoms with Crippen LogP contribution in [0.25, 0.3) is 0 Å². The van der Waals surface area contributed by atoms with Crippen molar-refractivity contribution in [3.05, 3.63) is 83.4 Å². The Balaban J connectivity index is 2.33. The van der Waals surface area contributed by atoms with Gasteiger partial charge in [-0.3, -0.25) is 0 Å². The standard InChI is InChI=1S/C18H13F3N2O2S/c19-18(20,21)14-8-10-15(11-9-14)23-13-17(7-4-12-22)26(24,25)16-5-2-1-3-6-16/h1-11,13,23H. The predicted molar refractivity (Wildman–Crippen MR) is 91.5 cm³/mol. The third-order valence-electron chi connectivity index (χ3n) is 3.28. The Morgan fingerprint density at radius 2 is 1.65 bits per heavy atom. The summed E-state index contributed by atoms with van der Waals surface area (Å²) in [6.45, 7) is 0. The van der Waals surface area contributed by atoms with E-state index >= 15 is 0 Å². The molecule has 0 radical (unpaired) electrons. The number of halogens is 3. The minimum atomic E-state index is -4.45. The van der Waals surface area contributed by atoms with Crippen LogP contribution in [0.2, 0.25) is 0 Å². The Hall–Kier alpha value is -3.05. The van der Waals surface area contributed by atoms with Crippen LogP contribution in [0.5, 0.6) is 0 Å². The molecular weight excluding hydrogens is 365 g/mol. The van der Waals surface area contributed by atoms with Crippen LogP contribution in [0.1, 0.15) is 5.56 Å². The number of hydrogen-bond acceptors (Lipinski definition) is 4. The lowest BCUT2D eigenvalue weighted by Crippen LogP contribution is -2.06. The summed E-state index contributed by atoms with van der Waals surface area (Å²) in [4.78, 5) is -0.173. The van der Waals surface area contributed by atoms with Gasteiger partial charge in [0.1, 0.15) is 0 Å². The molecule has 8 heteroatoms. The van der Waals surface area contributed by atoms with Crippen LogP contribution in [0.3, 0.4) is 0 Å². The maximum atomic E-state index is 12.6. The average Bonchev–Trinajstić information content (AvgIpc) is 2.62. The highest BCUT2D eigenvalue weighted by Gasteiger charge is 2.29. The van der Waals surface area contributed by atoms with E-state index in [-0.39, 0.29) is 15.5 Å². The molecule has 0 fully saturated rings. The summed E-state index contributed by atoms with van der Waals surface area (Å²) in [7, 11) is -3.89. The molecule has 1 N–H and O–H groups in total. The number of nitrogens with zero attached hydrogens (tertiary/aromatic N) is 1. The van der Waals surface area contributed by atoms with Gasteiger partial charge < -0.3 is 5.32 Å². The van der Waals surface area contributed by atoms with Crippen LogP contribution < -0.4 is 5.32 Å². The monoisotopic (exact) mass is 378 g/mol.